The van der Waals surface area contributed by atoms with E-state index in [-0.39, 0.29) is 49.9 Å². The number of halogens is 2. The third kappa shape index (κ3) is 271. The largest absolute Gasteiger partial charge is 0.618 e. The van der Waals surface area contributed by atoms with E-state index in [2.05, 4.69) is 0 Å². The molecule has 12 N–H and O–H groups in total. The molecule has 0 bridgehead atoms. The fraction of sp³-hybridized carbons (Fsp3) is 0. The van der Waals surface area contributed by atoms with Gasteiger partial charge in [-0.05, 0) is 0 Å². The van der Waals surface area contributed by atoms with Gasteiger partial charge in [-0.25, -0.2) is 0 Å². The summed E-state index contributed by atoms with van der Waals surface area (Å²) >= 11 is -0.639. The van der Waals surface area contributed by atoms with Crippen LogP contribution in [-0.4, -0.2) is 51.0 Å². The predicted molar refractivity (Wildman–Crippen MR) is 39.1 cm³/mol. The van der Waals surface area contributed by atoms with Crippen molar-refractivity contribution in [3.8, 4) is 0 Å². The molecule has 0 rings (SSSR count). The van der Waals surface area contributed by atoms with Crippen LogP contribution >= 0.6 is 18.1 Å². The normalized spacial score (nSPS) is 1.00. The predicted octanol–water partition coefficient (Wildman–Crippen LogP) is -3.95. The van der Waals surface area contributed by atoms with Crippen LogP contribution in [0.4, 0.5) is 0 Å². The Bertz CT molecular complexity index is 15.7. The molecule has 0 aliphatic rings. The Balaban J connectivity index is -0.000000000952. The minimum absolute atomic E-state index is 0. The summed E-state index contributed by atoms with van der Waals surface area (Å²) in [5.74, 6) is 0. The van der Waals surface area contributed by atoms with Crippen molar-refractivity contribution in [2.24, 2.45) is 0 Å². The molecule has 0 aromatic carbocycles. The van der Waals surface area contributed by atoms with Gasteiger partial charge >= 0.3 is 18.2 Å². The molecular formula is H12Cl2MgMnO6. The van der Waals surface area contributed by atoms with Gasteiger partial charge in [-0.3, -0.25) is 0 Å². The summed E-state index contributed by atoms with van der Waals surface area (Å²) in [4.78, 5) is 0. The third-order valence-electron chi connectivity index (χ3n) is 0. The van der Waals surface area contributed by atoms with Crippen LogP contribution in [0.25, 0.3) is 0 Å². The van der Waals surface area contributed by atoms with E-state index in [1.165, 1.54) is 0 Å². The van der Waals surface area contributed by atoms with Crippen molar-refractivity contribution in [2.75, 3.05) is 0 Å². The maximum Gasteiger partial charge on any atom is 0.618 e. The van der Waals surface area contributed by atoms with Gasteiger partial charge in [0, 0.05) is 17.1 Å². The number of rotatable bonds is 0. The van der Waals surface area contributed by atoms with Crippen LogP contribution < -0.4 is 0 Å². The zero-order valence-corrected chi connectivity index (χ0v) is 8.95. The number of hydrogen-bond acceptors (Lipinski definition) is 0. The standard InChI is InChI=1S/2ClH.Mg.Mn.6H2O/h2*1H;;;6*1H2/q;;+2;;;;;;;/p-2. The first-order chi connectivity index (χ1) is 1.41. The molecule has 6 nitrogen and oxygen atoms in total. The van der Waals surface area contributed by atoms with Crippen LogP contribution in [-0.2, 0) is 17.1 Å². The zero-order chi connectivity index (χ0) is 2.71. The van der Waals surface area contributed by atoms with Crippen molar-refractivity contribution in [1.29, 1.82) is 0 Å². The van der Waals surface area contributed by atoms with Gasteiger partial charge in [0.1, 0.15) is 0 Å². The quantitative estimate of drug-likeness (QED) is 0.383. The molecule has 1 radical (unpaired) electrons. The van der Waals surface area contributed by atoms with E-state index in [9.17, 15) is 0 Å². The molecule has 0 aromatic heterocycles. The van der Waals surface area contributed by atoms with Crippen molar-refractivity contribution in [3.05, 3.63) is 0 Å². The monoisotopic (exact) mass is 257 g/mol. The summed E-state index contributed by atoms with van der Waals surface area (Å²) in [7, 11) is 9.81. The van der Waals surface area contributed by atoms with Crippen molar-refractivity contribution in [3.63, 3.8) is 0 Å². The topological polar surface area (TPSA) is 189 Å². The first kappa shape index (κ1) is 99.9. The fourth-order valence-corrected chi connectivity index (χ4v) is 0. The van der Waals surface area contributed by atoms with Gasteiger partial charge in [-0.15, -0.1) is 0 Å². The summed E-state index contributed by atoms with van der Waals surface area (Å²) < 4.78 is 0. The van der Waals surface area contributed by atoms with Gasteiger partial charge in [-0.2, -0.15) is 0 Å². The molecule has 0 spiro atoms. The van der Waals surface area contributed by atoms with Gasteiger partial charge in [0.25, 0.3) is 0 Å². The molecule has 0 atom stereocenters. The Kier molecular flexibility index (Phi) is 1430. The molecule has 0 amide bonds. The van der Waals surface area contributed by atoms with Crippen LogP contribution in [0.1, 0.15) is 0 Å². The van der Waals surface area contributed by atoms with E-state index in [1.807, 2.05) is 0 Å². The first-order valence-corrected chi connectivity index (χ1v) is 4.81. The SMILES string of the molecule is O.O.O.O.O.O.[Cl][Mg][Cl].[Mn]. The molecule has 0 unspecified atom stereocenters. The van der Waals surface area contributed by atoms with Gasteiger partial charge in [0.05, 0.1) is 0 Å². The van der Waals surface area contributed by atoms with Crippen molar-refractivity contribution < 1.29 is 49.9 Å². The van der Waals surface area contributed by atoms with Gasteiger partial charge in [-0.1, -0.05) is 0 Å². The molecule has 0 aliphatic carbocycles. The second kappa shape index (κ2) is 143. The van der Waals surface area contributed by atoms with E-state index in [4.69, 9.17) is 18.1 Å². The Morgan fingerprint density at radius 3 is 0.600 bits per heavy atom. The molecule has 71 valence electrons. The van der Waals surface area contributed by atoms with E-state index in [1.54, 1.807) is 0 Å². The molecule has 0 saturated carbocycles. The Morgan fingerprint density at radius 2 is 0.600 bits per heavy atom. The van der Waals surface area contributed by atoms with Crippen molar-refractivity contribution in [2.45, 2.75) is 0 Å². The molecular weight excluding hydrogens is 246 g/mol. The zero-order valence-electron chi connectivity index (χ0n) is 4.84. The molecule has 0 saturated heterocycles. The minimum atomic E-state index is -0.639. The van der Waals surface area contributed by atoms with Crippen LogP contribution in [0.15, 0.2) is 0 Å². The van der Waals surface area contributed by atoms with E-state index < -0.39 is 18.2 Å². The summed E-state index contributed by atoms with van der Waals surface area (Å²) in [6.45, 7) is 0. The molecule has 0 heterocycles. The van der Waals surface area contributed by atoms with Crippen LogP contribution in [0.3, 0.4) is 0 Å². The van der Waals surface area contributed by atoms with Crippen LogP contribution in [0, 0.1) is 0 Å². The Hall–Kier alpha value is 1.63. The smallest absolute Gasteiger partial charge is 0.412 e. The summed E-state index contributed by atoms with van der Waals surface area (Å²) in [5.41, 5.74) is 0. The van der Waals surface area contributed by atoms with Crippen LogP contribution in [0.2, 0.25) is 0 Å². The summed E-state index contributed by atoms with van der Waals surface area (Å²) in [6.07, 6.45) is 0. The molecule has 10 heavy (non-hydrogen) atoms. The Morgan fingerprint density at radius 1 is 0.600 bits per heavy atom. The van der Waals surface area contributed by atoms with Crippen molar-refractivity contribution >= 4 is 36.3 Å². The molecule has 0 aromatic rings. The maximum absolute atomic E-state index is 4.90. The van der Waals surface area contributed by atoms with Crippen molar-refractivity contribution in [1.82, 2.24) is 0 Å². The second-order valence-electron chi connectivity index (χ2n) is 0.101. The molecule has 10 heteroatoms. The van der Waals surface area contributed by atoms with Gasteiger partial charge in [0.15, 0.2) is 0 Å². The summed E-state index contributed by atoms with van der Waals surface area (Å²) in [6, 6.07) is 0. The van der Waals surface area contributed by atoms with E-state index in [0.717, 1.165) is 0 Å². The first-order valence-electron chi connectivity index (χ1n) is 0.535. The number of hydrogen-bond donors (Lipinski definition) is 0. The maximum atomic E-state index is 4.90. The average molecular weight is 258 g/mol. The Labute approximate surface area is 85.9 Å². The van der Waals surface area contributed by atoms with E-state index >= 15 is 0 Å². The molecule has 0 aliphatic heterocycles. The van der Waals surface area contributed by atoms with Crippen LogP contribution in [0.5, 0.6) is 0 Å². The minimum Gasteiger partial charge on any atom is -0.412 e. The fourth-order valence-electron chi connectivity index (χ4n) is 0. The molecule has 0 fully saturated rings. The van der Waals surface area contributed by atoms with Gasteiger partial charge < -0.3 is 51.0 Å². The summed E-state index contributed by atoms with van der Waals surface area (Å²) in [5, 5.41) is 0. The second-order valence-corrected chi connectivity index (χ2v) is 2.73. The third-order valence-corrected chi connectivity index (χ3v) is 0. The average Bonchev–Trinajstić information content (AvgIpc) is 0.918. The van der Waals surface area contributed by atoms with E-state index in [0.29, 0.717) is 0 Å². The van der Waals surface area contributed by atoms with Gasteiger partial charge in [0.2, 0.25) is 0 Å².